The van der Waals surface area contributed by atoms with Crippen molar-refractivity contribution in [1.29, 1.82) is 0 Å². The Morgan fingerprint density at radius 3 is 2.12 bits per heavy atom. The first kappa shape index (κ1) is 20.8. The van der Waals surface area contributed by atoms with Gasteiger partial charge in [-0.2, -0.15) is 26.3 Å². The highest BCUT2D eigenvalue weighted by Crippen LogP contribution is 2.43. The van der Waals surface area contributed by atoms with Crippen molar-refractivity contribution in [2.75, 3.05) is 11.9 Å². The largest absolute Gasteiger partial charge is 0.450 e. The first-order chi connectivity index (χ1) is 11.4. The number of hydrogen-bond acceptors (Lipinski definition) is 3. The van der Waals surface area contributed by atoms with E-state index in [1.165, 1.54) is 0 Å². The third kappa shape index (κ3) is 4.89. The molecule has 1 amide bonds. The van der Waals surface area contributed by atoms with Crippen LogP contribution >= 0.6 is 0 Å². The number of ether oxygens (including phenoxy) is 1. The third-order valence-electron chi connectivity index (χ3n) is 3.07. The van der Waals surface area contributed by atoms with Crippen molar-refractivity contribution in [3.05, 3.63) is 30.1 Å². The molecule has 1 aromatic rings. The summed E-state index contributed by atoms with van der Waals surface area (Å²) in [4.78, 5) is 11.4. The van der Waals surface area contributed by atoms with Gasteiger partial charge in [-0.25, -0.2) is 9.18 Å². The van der Waals surface area contributed by atoms with Crippen LogP contribution < -0.4 is 10.6 Å². The number of alkyl carbamates (subject to hydrolysis) is 1. The standard InChI is InChI=1S/C14H15F7N2O2/c1-2-3-8-25-11(24)23-12(13(16,17)18,14(19,20)21)22-10-7-5-4-6-9(10)15/h4-7,22H,2-3,8H2,1H3,(H,23,24). The average Bonchev–Trinajstić information content (AvgIpc) is 2.46. The second kappa shape index (κ2) is 7.79. The predicted molar refractivity (Wildman–Crippen MR) is 74.3 cm³/mol. The molecule has 0 fully saturated rings. The topological polar surface area (TPSA) is 50.4 Å². The van der Waals surface area contributed by atoms with Crippen LogP contribution in [0.2, 0.25) is 0 Å². The van der Waals surface area contributed by atoms with Gasteiger partial charge in [0.15, 0.2) is 0 Å². The molecular formula is C14H15F7N2O2. The van der Waals surface area contributed by atoms with Crippen molar-refractivity contribution < 1.29 is 40.3 Å². The number of anilines is 1. The zero-order chi connectivity index (χ0) is 19.3. The van der Waals surface area contributed by atoms with Crippen molar-refractivity contribution in [3.8, 4) is 0 Å². The fraction of sp³-hybridized carbons (Fsp3) is 0.500. The SMILES string of the molecule is CCCCOC(=O)NC(Nc1ccccc1F)(C(F)(F)F)C(F)(F)F. The highest BCUT2D eigenvalue weighted by Gasteiger charge is 2.73. The van der Waals surface area contributed by atoms with E-state index in [2.05, 4.69) is 4.74 Å². The first-order valence-corrected chi connectivity index (χ1v) is 7.05. The summed E-state index contributed by atoms with van der Waals surface area (Å²) in [6, 6.07) is 3.45. The molecule has 2 N–H and O–H groups in total. The number of rotatable bonds is 6. The summed E-state index contributed by atoms with van der Waals surface area (Å²) in [5.74, 6) is -1.36. The number of benzene rings is 1. The molecule has 0 aliphatic rings. The number of hydrogen-bond donors (Lipinski definition) is 2. The number of amides is 1. The van der Waals surface area contributed by atoms with Crippen LogP contribution in [0.4, 0.5) is 41.2 Å². The Morgan fingerprint density at radius 2 is 1.64 bits per heavy atom. The van der Waals surface area contributed by atoms with Crippen molar-refractivity contribution >= 4 is 11.8 Å². The molecule has 1 aromatic carbocycles. The lowest BCUT2D eigenvalue weighted by atomic mass is 10.1. The van der Waals surface area contributed by atoms with Crippen molar-refractivity contribution in [2.24, 2.45) is 0 Å². The minimum Gasteiger partial charge on any atom is -0.450 e. The normalized spacial score (nSPS) is 12.6. The summed E-state index contributed by atoms with van der Waals surface area (Å²) in [5, 5.41) is 1.78. The molecule has 1 rings (SSSR count). The van der Waals surface area contributed by atoms with Crippen LogP contribution in [0.5, 0.6) is 0 Å². The summed E-state index contributed by atoms with van der Waals surface area (Å²) >= 11 is 0. The van der Waals surface area contributed by atoms with E-state index in [0.717, 1.165) is 22.8 Å². The lowest BCUT2D eigenvalue weighted by Crippen LogP contribution is -2.72. The first-order valence-electron chi connectivity index (χ1n) is 7.05. The third-order valence-corrected chi connectivity index (χ3v) is 3.07. The number of carbonyl (C=O) groups is 1. The van der Waals surface area contributed by atoms with Gasteiger partial charge >= 0.3 is 24.1 Å². The van der Waals surface area contributed by atoms with E-state index < -0.39 is 35.6 Å². The van der Waals surface area contributed by atoms with Gasteiger partial charge in [0.05, 0.1) is 12.3 Å². The van der Waals surface area contributed by atoms with Gasteiger partial charge in [0.25, 0.3) is 0 Å². The zero-order valence-corrected chi connectivity index (χ0v) is 12.9. The van der Waals surface area contributed by atoms with Crippen LogP contribution in [-0.4, -0.2) is 30.7 Å². The van der Waals surface area contributed by atoms with Gasteiger partial charge in [-0.1, -0.05) is 25.5 Å². The van der Waals surface area contributed by atoms with Crippen LogP contribution in [0.3, 0.4) is 0 Å². The van der Waals surface area contributed by atoms with Crippen LogP contribution in [0.15, 0.2) is 24.3 Å². The molecule has 0 aliphatic carbocycles. The second-order valence-electron chi connectivity index (χ2n) is 4.96. The van der Waals surface area contributed by atoms with Gasteiger partial charge in [0, 0.05) is 0 Å². The number of unbranched alkanes of at least 4 members (excludes halogenated alkanes) is 1. The van der Waals surface area contributed by atoms with Crippen LogP contribution in [-0.2, 0) is 4.74 Å². The van der Waals surface area contributed by atoms with Gasteiger partial charge in [0.1, 0.15) is 5.82 Å². The molecular weight excluding hydrogens is 361 g/mol. The van der Waals surface area contributed by atoms with Crippen LogP contribution in [0, 0.1) is 5.82 Å². The molecule has 0 saturated heterocycles. The number of halogens is 7. The Bertz CT molecular complexity index is 573. The molecule has 0 bridgehead atoms. The predicted octanol–water partition coefficient (Wildman–Crippen LogP) is 4.58. The minimum absolute atomic E-state index is 0.249. The smallest absolute Gasteiger partial charge is 0.439 e. The molecule has 11 heteroatoms. The Labute approximate surface area is 138 Å². The maximum atomic E-state index is 13.5. The maximum absolute atomic E-state index is 13.5. The number of alkyl halides is 6. The molecule has 0 aromatic heterocycles. The summed E-state index contributed by atoms with van der Waals surface area (Å²) < 4.78 is 97.4. The van der Waals surface area contributed by atoms with E-state index in [9.17, 15) is 35.5 Å². The highest BCUT2D eigenvalue weighted by atomic mass is 19.4. The molecule has 0 aliphatic heterocycles. The van der Waals surface area contributed by atoms with E-state index >= 15 is 0 Å². The van der Waals surface area contributed by atoms with E-state index in [-0.39, 0.29) is 13.0 Å². The molecule has 25 heavy (non-hydrogen) atoms. The quantitative estimate of drug-likeness (QED) is 0.434. The molecule has 4 nitrogen and oxygen atoms in total. The van der Waals surface area contributed by atoms with Gasteiger partial charge in [-0.05, 0) is 18.6 Å². The van der Waals surface area contributed by atoms with Crippen LogP contribution in [0.25, 0.3) is 0 Å². The van der Waals surface area contributed by atoms with E-state index in [0.29, 0.717) is 18.6 Å². The number of para-hydroxylation sites is 1. The average molecular weight is 376 g/mol. The van der Waals surface area contributed by atoms with Gasteiger partial charge < -0.3 is 10.1 Å². The molecule has 142 valence electrons. The monoisotopic (exact) mass is 376 g/mol. The van der Waals surface area contributed by atoms with Gasteiger partial charge in [-0.15, -0.1) is 0 Å². The van der Waals surface area contributed by atoms with Crippen molar-refractivity contribution in [2.45, 2.75) is 37.8 Å². The molecule has 0 unspecified atom stereocenters. The lowest BCUT2D eigenvalue weighted by molar-refractivity contribution is -0.295. The Balaban J connectivity index is 3.25. The molecule has 0 heterocycles. The Hall–Kier alpha value is -2.20. The summed E-state index contributed by atoms with van der Waals surface area (Å²) in [7, 11) is 0. The number of carbonyl (C=O) groups excluding carboxylic acids is 1. The highest BCUT2D eigenvalue weighted by molar-refractivity contribution is 5.70. The van der Waals surface area contributed by atoms with E-state index in [1.807, 2.05) is 0 Å². The Morgan fingerprint density at radius 1 is 1.08 bits per heavy atom. The fourth-order valence-electron chi connectivity index (χ4n) is 1.74. The maximum Gasteiger partial charge on any atom is 0.439 e. The van der Waals surface area contributed by atoms with Gasteiger partial charge in [-0.3, -0.25) is 5.32 Å². The lowest BCUT2D eigenvalue weighted by Gasteiger charge is -2.38. The Kier molecular flexibility index (Phi) is 6.49. The molecule has 0 saturated carbocycles. The van der Waals surface area contributed by atoms with Gasteiger partial charge in [0.2, 0.25) is 0 Å². The van der Waals surface area contributed by atoms with E-state index in [1.54, 1.807) is 6.92 Å². The summed E-state index contributed by atoms with van der Waals surface area (Å²) in [6.45, 7) is 1.31. The zero-order valence-electron chi connectivity index (χ0n) is 12.9. The second-order valence-corrected chi connectivity index (χ2v) is 4.96. The molecule has 0 spiro atoms. The minimum atomic E-state index is -6.04. The van der Waals surface area contributed by atoms with E-state index in [4.69, 9.17) is 0 Å². The van der Waals surface area contributed by atoms with Crippen molar-refractivity contribution in [3.63, 3.8) is 0 Å². The molecule has 0 atom stereocenters. The summed E-state index contributed by atoms with van der Waals surface area (Å²) in [6.07, 6.45) is -13.3. The van der Waals surface area contributed by atoms with Crippen molar-refractivity contribution in [1.82, 2.24) is 5.32 Å². The molecule has 0 radical (unpaired) electrons. The van der Waals surface area contributed by atoms with Crippen LogP contribution in [0.1, 0.15) is 19.8 Å². The fourth-order valence-corrected chi connectivity index (χ4v) is 1.74. The summed E-state index contributed by atoms with van der Waals surface area (Å²) in [5.41, 5.74) is -6.02. The number of nitrogens with one attached hydrogen (secondary N) is 2.